The van der Waals surface area contributed by atoms with Gasteiger partial charge in [-0.25, -0.2) is 0 Å². The molecule has 18 heavy (non-hydrogen) atoms. The van der Waals surface area contributed by atoms with Gasteiger partial charge >= 0.3 is 0 Å². The van der Waals surface area contributed by atoms with Gasteiger partial charge < -0.3 is 14.6 Å². The van der Waals surface area contributed by atoms with E-state index in [1.54, 1.807) is 20.3 Å². The third-order valence-electron chi connectivity index (χ3n) is 2.11. The molecule has 1 N–H and O–H groups in total. The van der Waals surface area contributed by atoms with Crippen molar-refractivity contribution in [3.8, 4) is 0 Å². The van der Waals surface area contributed by atoms with E-state index in [4.69, 9.17) is 9.47 Å². The summed E-state index contributed by atoms with van der Waals surface area (Å²) in [6, 6.07) is 0. The number of allylic oxidation sites excluding steroid dienone is 2. The van der Waals surface area contributed by atoms with Gasteiger partial charge in [0, 0.05) is 7.11 Å². The van der Waals surface area contributed by atoms with Gasteiger partial charge in [0.05, 0.1) is 25.5 Å². The predicted octanol–water partition coefficient (Wildman–Crippen LogP) is 2.12. The van der Waals surface area contributed by atoms with E-state index in [9.17, 15) is 5.11 Å². The fourth-order valence-corrected chi connectivity index (χ4v) is 1.17. The van der Waals surface area contributed by atoms with Crippen molar-refractivity contribution in [3.63, 3.8) is 0 Å². The zero-order chi connectivity index (χ0) is 13.6. The Bertz CT molecular complexity index is 293. The first kappa shape index (κ1) is 16.6. The molecule has 4 nitrogen and oxygen atoms in total. The number of rotatable bonds is 10. The molecule has 4 heteroatoms. The van der Waals surface area contributed by atoms with Crippen LogP contribution in [-0.4, -0.2) is 44.8 Å². The van der Waals surface area contributed by atoms with Crippen LogP contribution < -0.4 is 0 Å². The SMILES string of the molecule is C=NC/C=C\C(=C/C/C=C/OCCOC)C(C)O. The number of nitrogens with zero attached hydrogens (tertiary/aromatic N) is 1. The van der Waals surface area contributed by atoms with E-state index in [0.29, 0.717) is 26.2 Å². The van der Waals surface area contributed by atoms with E-state index >= 15 is 0 Å². The van der Waals surface area contributed by atoms with E-state index < -0.39 is 6.10 Å². The highest BCUT2D eigenvalue weighted by molar-refractivity contribution is 5.26. The van der Waals surface area contributed by atoms with Crippen molar-refractivity contribution in [1.82, 2.24) is 0 Å². The van der Waals surface area contributed by atoms with E-state index in [0.717, 1.165) is 5.57 Å². The number of ether oxygens (including phenoxy) is 2. The van der Waals surface area contributed by atoms with E-state index in [-0.39, 0.29) is 0 Å². The molecule has 0 aromatic rings. The molecular weight excluding hydrogens is 230 g/mol. The molecule has 102 valence electrons. The molecule has 0 spiro atoms. The summed E-state index contributed by atoms with van der Waals surface area (Å²) in [5.41, 5.74) is 0.861. The Morgan fingerprint density at radius 2 is 2.17 bits per heavy atom. The molecule has 0 aromatic carbocycles. The van der Waals surface area contributed by atoms with Gasteiger partial charge in [0.25, 0.3) is 0 Å². The summed E-state index contributed by atoms with van der Waals surface area (Å²) in [4.78, 5) is 3.71. The van der Waals surface area contributed by atoms with Crippen LogP contribution in [0.2, 0.25) is 0 Å². The second-order valence-corrected chi connectivity index (χ2v) is 3.66. The van der Waals surface area contributed by atoms with Crippen LogP contribution in [0.25, 0.3) is 0 Å². The summed E-state index contributed by atoms with van der Waals surface area (Å²) in [6.45, 7) is 6.81. The molecule has 1 unspecified atom stereocenters. The molecular formula is C14H23NO3. The number of methoxy groups -OCH3 is 1. The van der Waals surface area contributed by atoms with E-state index in [1.807, 2.05) is 24.3 Å². The number of aliphatic hydroxyl groups is 1. The Morgan fingerprint density at radius 1 is 1.39 bits per heavy atom. The minimum Gasteiger partial charge on any atom is -0.499 e. The summed E-state index contributed by atoms with van der Waals surface area (Å²) < 4.78 is 10.0. The molecule has 1 atom stereocenters. The maximum absolute atomic E-state index is 9.55. The van der Waals surface area contributed by atoms with Crippen LogP contribution in [0.15, 0.2) is 41.1 Å². The minimum atomic E-state index is -0.492. The largest absolute Gasteiger partial charge is 0.499 e. The summed E-state index contributed by atoms with van der Waals surface area (Å²) >= 11 is 0. The second-order valence-electron chi connectivity index (χ2n) is 3.66. The molecule has 0 heterocycles. The maximum Gasteiger partial charge on any atom is 0.111 e. The molecule has 0 saturated heterocycles. The quantitative estimate of drug-likeness (QED) is 0.281. The lowest BCUT2D eigenvalue weighted by Crippen LogP contribution is -2.02. The normalized spacial score (nSPS) is 14.3. The van der Waals surface area contributed by atoms with Gasteiger partial charge in [0.15, 0.2) is 0 Å². The number of hydrogen-bond acceptors (Lipinski definition) is 4. The van der Waals surface area contributed by atoms with Crippen LogP contribution in [0.4, 0.5) is 0 Å². The zero-order valence-electron chi connectivity index (χ0n) is 11.2. The van der Waals surface area contributed by atoms with Crippen LogP contribution in [0.5, 0.6) is 0 Å². The average Bonchev–Trinajstić information content (AvgIpc) is 2.35. The lowest BCUT2D eigenvalue weighted by atomic mass is 10.1. The lowest BCUT2D eigenvalue weighted by molar-refractivity contribution is 0.123. The maximum atomic E-state index is 9.55. The van der Waals surface area contributed by atoms with Gasteiger partial charge in [-0.1, -0.05) is 18.2 Å². The Balaban J connectivity index is 4.04. The summed E-state index contributed by atoms with van der Waals surface area (Å²) in [5, 5.41) is 9.55. The monoisotopic (exact) mass is 253 g/mol. The molecule has 0 aliphatic rings. The Morgan fingerprint density at radius 3 is 2.78 bits per heavy atom. The van der Waals surface area contributed by atoms with Gasteiger partial charge in [-0.2, -0.15) is 0 Å². The lowest BCUT2D eigenvalue weighted by Gasteiger charge is -2.04. The van der Waals surface area contributed by atoms with E-state index in [2.05, 4.69) is 11.7 Å². The van der Waals surface area contributed by atoms with Gasteiger partial charge in [0.1, 0.15) is 6.61 Å². The number of hydrogen-bond donors (Lipinski definition) is 1. The molecule has 0 aliphatic carbocycles. The third-order valence-corrected chi connectivity index (χ3v) is 2.11. The van der Waals surface area contributed by atoms with Crippen LogP contribution >= 0.6 is 0 Å². The first-order chi connectivity index (χ1) is 8.72. The molecule has 0 bridgehead atoms. The van der Waals surface area contributed by atoms with Gasteiger partial charge in [-0.05, 0) is 31.7 Å². The van der Waals surface area contributed by atoms with Crippen molar-refractivity contribution in [3.05, 3.63) is 36.1 Å². The fraction of sp³-hybridized carbons (Fsp3) is 0.500. The number of aliphatic imine (C=N–C) groups is 1. The van der Waals surface area contributed by atoms with Gasteiger partial charge in [-0.15, -0.1) is 0 Å². The Hall–Kier alpha value is -1.39. The topological polar surface area (TPSA) is 51.0 Å². The molecule has 0 fully saturated rings. The molecule has 0 radical (unpaired) electrons. The van der Waals surface area contributed by atoms with Crippen LogP contribution in [0.1, 0.15) is 13.3 Å². The number of aliphatic hydroxyl groups excluding tert-OH is 1. The highest BCUT2D eigenvalue weighted by Gasteiger charge is 1.98. The van der Waals surface area contributed by atoms with Crippen molar-refractivity contribution < 1.29 is 14.6 Å². The Labute approximate surface area is 109 Å². The molecule has 0 rings (SSSR count). The summed E-state index contributed by atoms with van der Waals surface area (Å²) in [7, 11) is 1.63. The van der Waals surface area contributed by atoms with E-state index in [1.165, 1.54) is 0 Å². The zero-order valence-corrected chi connectivity index (χ0v) is 11.2. The standard InChI is InChI=1S/C14H23NO3/c1-13(16)14(8-6-9-15-2)7-4-5-10-18-12-11-17-3/h5-8,10,13,16H,2,4,9,11-12H2,1,3H3/b8-6-,10-5+,14-7+. The third kappa shape index (κ3) is 9.81. The molecule has 0 amide bonds. The van der Waals surface area contributed by atoms with Crippen LogP contribution in [-0.2, 0) is 9.47 Å². The van der Waals surface area contributed by atoms with Crippen molar-refractivity contribution >= 4 is 6.72 Å². The first-order valence-electron chi connectivity index (χ1n) is 5.95. The van der Waals surface area contributed by atoms with Crippen LogP contribution in [0, 0.1) is 0 Å². The molecule has 0 aromatic heterocycles. The van der Waals surface area contributed by atoms with Crippen molar-refractivity contribution in [2.75, 3.05) is 26.9 Å². The molecule has 0 saturated carbocycles. The minimum absolute atomic E-state index is 0.492. The molecule has 0 aliphatic heterocycles. The van der Waals surface area contributed by atoms with Crippen molar-refractivity contribution in [1.29, 1.82) is 0 Å². The predicted molar refractivity (Wildman–Crippen MR) is 74.9 cm³/mol. The van der Waals surface area contributed by atoms with Crippen LogP contribution in [0.3, 0.4) is 0 Å². The van der Waals surface area contributed by atoms with Crippen molar-refractivity contribution in [2.24, 2.45) is 4.99 Å². The summed E-state index contributed by atoms with van der Waals surface area (Å²) in [6.07, 6.45) is 9.42. The van der Waals surface area contributed by atoms with Gasteiger partial charge in [-0.3, -0.25) is 4.99 Å². The highest BCUT2D eigenvalue weighted by Crippen LogP contribution is 2.06. The smallest absolute Gasteiger partial charge is 0.111 e. The van der Waals surface area contributed by atoms with Crippen molar-refractivity contribution in [2.45, 2.75) is 19.4 Å². The second kappa shape index (κ2) is 12.1. The first-order valence-corrected chi connectivity index (χ1v) is 5.95. The fourth-order valence-electron chi connectivity index (χ4n) is 1.17. The Kier molecular flexibility index (Phi) is 11.1. The summed E-state index contributed by atoms with van der Waals surface area (Å²) in [5.74, 6) is 0. The highest BCUT2D eigenvalue weighted by atomic mass is 16.5. The van der Waals surface area contributed by atoms with Gasteiger partial charge in [0.2, 0.25) is 0 Å². The average molecular weight is 253 g/mol.